The van der Waals surface area contributed by atoms with Crippen molar-refractivity contribution in [3.8, 4) is 11.5 Å². The summed E-state index contributed by atoms with van der Waals surface area (Å²) in [7, 11) is 0. The lowest BCUT2D eigenvalue weighted by Gasteiger charge is -2.29. The maximum atomic E-state index is 13.2. The van der Waals surface area contributed by atoms with Crippen LogP contribution < -0.4 is 9.64 Å². The second kappa shape index (κ2) is 8.03. The molecule has 2 heterocycles. The molecule has 0 fully saturated rings. The van der Waals surface area contributed by atoms with Crippen LogP contribution in [-0.2, 0) is 18.8 Å². The van der Waals surface area contributed by atoms with Gasteiger partial charge in [-0.15, -0.1) is 0 Å². The van der Waals surface area contributed by atoms with Gasteiger partial charge in [0.2, 0.25) is 0 Å². The predicted molar refractivity (Wildman–Crippen MR) is 112 cm³/mol. The van der Waals surface area contributed by atoms with E-state index >= 15 is 0 Å². The zero-order valence-corrected chi connectivity index (χ0v) is 17.6. The Hall–Kier alpha value is -4.02. The number of carbonyl (C=O) groups excluding carboxylic acids is 1. The predicted octanol–water partition coefficient (Wildman–Crippen LogP) is 6.86. The zero-order chi connectivity index (χ0) is 25.0. The van der Waals surface area contributed by atoms with Crippen LogP contribution >= 0.6 is 0 Å². The minimum absolute atomic E-state index is 0.0122. The highest BCUT2D eigenvalue weighted by Gasteiger charge is 2.37. The van der Waals surface area contributed by atoms with Crippen molar-refractivity contribution >= 4 is 22.7 Å². The molecule has 0 unspecified atom stereocenters. The van der Waals surface area contributed by atoms with Gasteiger partial charge in [0.05, 0.1) is 5.56 Å². The van der Waals surface area contributed by atoms with Crippen LogP contribution in [0.5, 0.6) is 11.5 Å². The summed E-state index contributed by atoms with van der Waals surface area (Å²) in [5, 5.41) is 0. The number of nitrogens with zero attached hydrogens (tertiary/aromatic N) is 2. The van der Waals surface area contributed by atoms with E-state index in [1.165, 1.54) is 41.3 Å². The van der Waals surface area contributed by atoms with Crippen molar-refractivity contribution in [1.82, 2.24) is 4.98 Å². The van der Waals surface area contributed by atoms with Crippen molar-refractivity contribution in [1.29, 1.82) is 0 Å². The van der Waals surface area contributed by atoms with Crippen molar-refractivity contribution in [2.24, 2.45) is 0 Å². The van der Waals surface area contributed by atoms with Gasteiger partial charge in [0.1, 0.15) is 17.0 Å². The number of aromatic nitrogens is 1. The van der Waals surface area contributed by atoms with Crippen LogP contribution in [0.3, 0.4) is 0 Å². The molecule has 0 aliphatic carbocycles. The van der Waals surface area contributed by atoms with E-state index in [-0.39, 0.29) is 29.1 Å². The number of benzene rings is 3. The maximum absolute atomic E-state index is 13.2. The quantitative estimate of drug-likeness (QED) is 0.293. The summed E-state index contributed by atoms with van der Waals surface area (Å²) in [6.45, 7) is 0.288. The van der Waals surface area contributed by atoms with Gasteiger partial charge in [0.25, 0.3) is 5.91 Å². The Balaban J connectivity index is 1.40. The average Bonchev–Trinajstić information content (AvgIpc) is 3.24. The Kier molecular flexibility index (Phi) is 5.22. The molecule has 1 aliphatic heterocycles. The Labute approximate surface area is 193 Å². The van der Waals surface area contributed by atoms with Crippen LogP contribution in [0.1, 0.15) is 27.4 Å². The first-order valence-electron chi connectivity index (χ1n) is 10.3. The fraction of sp³-hybridized carbons (Fsp3) is 0.167. The minimum Gasteiger partial charge on any atom is -0.457 e. The van der Waals surface area contributed by atoms with E-state index in [9.17, 15) is 31.1 Å². The molecule has 11 heteroatoms. The lowest BCUT2D eigenvalue weighted by atomic mass is 9.98. The largest absolute Gasteiger partial charge is 0.468 e. The Morgan fingerprint density at radius 3 is 2.26 bits per heavy atom. The fourth-order valence-corrected chi connectivity index (χ4v) is 3.81. The van der Waals surface area contributed by atoms with Crippen molar-refractivity contribution in [2.45, 2.75) is 18.8 Å². The molecule has 5 nitrogen and oxygen atoms in total. The van der Waals surface area contributed by atoms with Crippen LogP contribution in [0.2, 0.25) is 0 Å². The lowest BCUT2D eigenvalue weighted by Crippen LogP contribution is -2.37. The summed E-state index contributed by atoms with van der Waals surface area (Å²) in [4.78, 5) is 18.0. The van der Waals surface area contributed by atoms with Gasteiger partial charge in [-0.2, -0.15) is 26.3 Å². The first kappa shape index (κ1) is 22.8. The molecule has 0 saturated heterocycles. The van der Waals surface area contributed by atoms with E-state index in [0.29, 0.717) is 17.7 Å². The Morgan fingerprint density at radius 1 is 0.857 bits per heavy atom. The Bertz CT molecular complexity index is 1420. The third kappa shape index (κ3) is 4.41. The number of halogens is 6. The number of carbonyl (C=O) groups is 1. The van der Waals surface area contributed by atoms with Gasteiger partial charge in [-0.25, -0.2) is 4.98 Å². The second-order valence-corrected chi connectivity index (χ2v) is 7.82. The van der Waals surface area contributed by atoms with Crippen LogP contribution in [-0.4, -0.2) is 17.4 Å². The highest BCUT2D eigenvalue weighted by atomic mass is 19.4. The topological polar surface area (TPSA) is 55.6 Å². The molecule has 0 radical (unpaired) electrons. The molecular weight excluding hydrogens is 478 g/mol. The van der Waals surface area contributed by atoms with Gasteiger partial charge in [0, 0.05) is 23.9 Å². The zero-order valence-electron chi connectivity index (χ0n) is 17.6. The number of ether oxygens (including phenoxy) is 1. The molecule has 3 aromatic carbocycles. The highest BCUT2D eigenvalue weighted by molar-refractivity contribution is 6.09. The molecule has 5 rings (SSSR count). The van der Waals surface area contributed by atoms with E-state index in [2.05, 4.69) is 4.98 Å². The minimum atomic E-state index is -4.73. The van der Waals surface area contributed by atoms with E-state index in [0.717, 1.165) is 17.7 Å². The second-order valence-electron chi connectivity index (χ2n) is 7.82. The number of alkyl halides is 6. The first-order chi connectivity index (χ1) is 16.5. The molecular formula is C24H14F6N2O3. The van der Waals surface area contributed by atoms with Gasteiger partial charge < -0.3 is 14.1 Å². The number of hydrogen-bond donors (Lipinski definition) is 0. The molecule has 1 aromatic heterocycles. The summed E-state index contributed by atoms with van der Waals surface area (Å²) in [6, 6.07) is 13.1. The molecule has 1 amide bonds. The smallest absolute Gasteiger partial charge is 0.457 e. The van der Waals surface area contributed by atoms with E-state index in [1.54, 1.807) is 12.1 Å². The first-order valence-corrected chi connectivity index (χ1v) is 10.3. The number of oxazole rings is 1. The summed E-state index contributed by atoms with van der Waals surface area (Å²) < 4.78 is 87.4. The van der Waals surface area contributed by atoms with Crippen LogP contribution in [0, 0.1) is 0 Å². The van der Waals surface area contributed by atoms with Gasteiger partial charge in [-0.1, -0.05) is 6.07 Å². The molecule has 0 saturated carbocycles. The number of amides is 1. The number of rotatable bonds is 3. The van der Waals surface area contributed by atoms with Crippen molar-refractivity contribution < 1.29 is 40.3 Å². The summed E-state index contributed by atoms with van der Waals surface area (Å²) in [5.41, 5.74) is 0.491. The molecule has 1 aliphatic rings. The SMILES string of the molecule is O=C1c2cc(Oc3ccc(C(F)(F)F)cc3)ccc2CCN1c1ccc2nc(C(F)(F)F)oc2c1. The van der Waals surface area contributed by atoms with Gasteiger partial charge in [-0.3, -0.25) is 4.79 Å². The highest BCUT2D eigenvalue weighted by Crippen LogP contribution is 2.35. The maximum Gasteiger partial charge on any atom is 0.468 e. The molecule has 35 heavy (non-hydrogen) atoms. The van der Waals surface area contributed by atoms with Crippen molar-refractivity contribution in [3.05, 3.63) is 83.2 Å². The van der Waals surface area contributed by atoms with Gasteiger partial charge in [-0.05, 0) is 60.5 Å². The van der Waals surface area contributed by atoms with E-state index < -0.39 is 29.7 Å². The molecule has 0 atom stereocenters. The van der Waals surface area contributed by atoms with Crippen LogP contribution in [0.25, 0.3) is 11.1 Å². The average molecular weight is 492 g/mol. The summed E-state index contributed by atoms with van der Waals surface area (Å²) in [6.07, 6.45) is -8.73. The fourth-order valence-electron chi connectivity index (χ4n) is 3.81. The molecule has 4 aromatic rings. The number of hydrogen-bond acceptors (Lipinski definition) is 4. The van der Waals surface area contributed by atoms with Crippen molar-refractivity contribution in [3.63, 3.8) is 0 Å². The van der Waals surface area contributed by atoms with Gasteiger partial charge >= 0.3 is 18.2 Å². The lowest BCUT2D eigenvalue weighted by molar-refractivity contribution is -0.156. The third-order valence-electron chi connectivity index (χ3n) is 5.51. The number of fused-ring (bicyclic) bond motifs is 2. The molecule has 0 bridgehead atoms. The van der Waals surface area contributed by atoms with E-state index in [1.807, 2.05) is 0 Å². The molecule has 180 valence electrons. The van der Waals surface area contributed by atoms with E-state index in [4.69, 9.17) is 9.15 Å². The Morgan fingerprint density at radius 2 is 1.57 bits per heavy atom. The van der Waals surface area contributed by atoms with Crippen molar-refractivity contribution in [2.75, 3.05) is 11.4 Å². The monoisotopic (exact) mass is 492 g/mol. The molecule has 0 N–H and O–H groups in total. The van der Waals surface area contributed by atoms with Crippen LogP contribution in [0.15, 0.2) is 65.1 Å². The normalized spacial score (nSPS) is 14.3. The standard InChI is InChI=1S/C24H14F6N2O3/c25-23(26,27)14-2-6-16(7-3-14)34-17-5-1-13-9-10-32(21(33)18(13)12-17)15-4-8-19-20(11-15)35-22(31-19)24(28,29)30/h1-8,11-12H,9-10H2. The summed E-state index contributed by atoms with van der Waals surface area (Å²) in [5.74, 6) is -1.36. The van der Waals surface area contributed by atoms with Crippen LogP contribution in [0.4, 0.5) is 32.0 Å². The third-order valence-corrected chi connectivity index (χ3v) is 5.51. The molecule has 0 spiro atoms. The summed E-state index contributed by atoms with van der Waals surface area (Å²) >= 11 is 0. The van der Waals surface area contributed by atoms with Gasteiger partial charge in [0.15, 0.2) is 5.58 Å². The number of anilines is 1.